The predicted molar refractivity (Wildman–Crippen MR) is 85.5 cm³/mol. The number of rotatable bonds is 5. The van der Waals surface area contributed by atoms with Crippen molar-refractivity contribution in [1.29, 1.82) is 0 Å². The van der Waals surface area contributed by atoms with E-state index in [9.17, 15) is 5.11 Å². The number of ether oxygens (including phenoxy) is 1. The van der Waals surface area contributed by atoms with Crippen LogP contribution >= 0.6 is 0 Å². The molecular weight excluding hydrogens is 260 g/mol. The summed E-state index contributed by atoms with van der Waals surface area (Å²) < 4.78 is 5.67. The normalized spacial score (nSPS) is 22.0. The first kappa shape index (κ1) is 15.1. The smallest absolute Gasteiger partial charge is 0.0861 e. The van der Waals surface area contributed by atoms with Gasteiger partial charge in [0.15, 0.2) is 0 Å². The largest absolute Gasteiger partial charge is 0.390 e. The minimum atomic E-state index is -0.377. The average molecular weight is 288 g/mol. The van der Waals surface area contributed by atoms with Gasteiger partial charge >= 0.3 is 0 Å². The van der Waals surface area contributed by atoms with Crippen LogP contribution in [-0.4, -0.2) is 24.4 Å². The maximum atomic E-state index is 10.6. The van der Waals surface area contributed by atoms with E-state index in [-0.39, 0.29) is 12.2 Å². The van der Waals surface area contributed by atoms with E-state index in [1.807, 2.05) is 0 Å². The summed E-state index contributed by atoms with van der Waals surface area (Å²) in [6.07, 6.45) is 10.4. The molecule has 1 fully saturated rings. The quantitative estimate of drug-likeness (QED) is 0.895. The highest BCUT2D eigenvalue weighted by Crippen LogP contribution is 2.30. The van der Waals surface area contributed by atoms with Crippen LogP contribution in [-0.2, 0) is 24.0 Å². The van der Waals surface area contributed by atoms with Crippen LogP contribution in [0.1, 0.15) is 55.2 Å². The molecule has 2 aliphatic carbocycles. The van der Waals surface area contributed by atoms with Gasteiger partial charge in [-0.25, -0.2) is 0 Å². The summed E-state index contributed by atoms with van der Waals surface area (Å²) in [5.74, 6) is 0.535. The number of hydrogen-bond donors (Lipinski definition) is 1. The SMILES string of the molecule is COC(C(O)Cc1ccc2c(c1)CCC2)C1CCCCC1. The maximum absolute atomic E-state index is 10.6. The highest BCUT2D eigenvalue weighted by atomic mass is 16.5. The molecule has 2 aliphatic rings. The first-order valence-corrected chi connectivity index (χ1v) is 8.59. The second kappa shape index (κ2) is 6.93. The fraction of sp³-hybridized carbons (Fsp3) is 0.684. The van der Waals surface area contributed by atoms with Crippen LogP contribution < -0.4 is 0 Å². The molecule has 21 heavy (non-hydrogen) atoms. The summed E-state index contributed by atoms with van der Waals surface area (Å²) in [6, 6.07) is 6.76. The second-order valence-electron chi connectivity index (χ2n) is 6.83. The molecule has 1 aromatic rings. The van der Waals surface area contributed by atoms with Crippen LogP contribution in [0, 0.1) is 5.92 Å². The molecule has 0 radical (unpaired) electrons. The van der Waals surface area contributed by atoms with E-state index in [4.69, 9.17) is 4.74 Å². The van der Waals surface area contributed by atoms with Crippen molar-refractivity contribution in [3.05, 3.63) is 34.9 Å². The van der Waals surface area contributed by atoms with Crippen LogP contribution in [0.15, 0.2) is 18.2 Å². The van der Waals surface area contributed by atoms with E-state index >= 15 is 0 Å². The summed E-state index contributed by atoms with van der Waals surface area (Å²) >= 11 is 0. The summed E-state index contributed by atoms with van der Waals surface area (Å²) in [5, 5.41) is 10.6. The molecule has 0 amide bonds. The van der Waals surface area contributed by atoms with E-state index in [0.717, 1.165) is 6.42 Å². The molecule has 2 unspecified atom stereocenters. The Balaban J connectivity index is 1.65. The van der Waals surface area contributed by atoms with Crippen LogP contribution in [0.2, 0.25) is 0 Å². The topological polar surface area (TPSA) is 29.5 Å². The Labute approximate surface area is 128 Å². The lowest BCUT2D eigenvalue weighted by molar-refractivity contribution is -0.0535. The van der Waals surface area contributed by atoms with Crippen molar-refractivity contribution in [3.63, 3.8) is 0 Å². The van der Waals surface area contributed by atoms with Gasteiger partial charge in [-0.3, -0.25) is 0 Å². The fourth-order valence-electron chi connectivity index (χ4n) is 4.24. The predicted octanol–water partition coefficient (Wildman–Crippen LogP) is 3.67. The van der Waals surface area contributed by atoms with Crippen molar-refractivity contribution in [2.24, 2.45) is 5.92 Å². The zero-order chi connectivity index (χ0) is 14.7. The lowest BCUT2D eigenvalue weighted by Gasteiger charge is -2.32. The standard InChI is InChI=1S/C19H28O2/c1-21-19(16-6-3-2-4-7-16)18(20)13-14-10-11-15-8-5-9-17(15)12-14/h10-12,16,18-20H,2-9,13H2,1H3. The van der Waals surface area contributed by atoms with Crippen LogP contribution in [0.25, 0.3) is 0 Å². The molecule has 2 atom stereocenters. The highest BCUT2D eigenvalue weighted by Gasteiger charge is 2.29. The number of benzene rings is 1. The van der Waals surface area contributed by atoms with E-state index in [0.29, 0.717) is 5.92 Å². The number of methoxy groups -OCH3 is 1. The molecule has 1 saturated carbocycles. The Hall–Kier alpha value is -0.860. The van der Waals surface area contributed by atoms with Crippen molar-refractivity contribution in [3.8, 4) is 0 Å². The summed E-state index contributed by atoms with van der Waals surface area (Å²) in [5.41, 5.74) is 4.26. The fourth-order valence-corrected chi connectivity index (χ4v) is 4.24. The molecule has 3 rings (SSSR count). The van der Waals surface area contributed by atoms with Crippen LogP contribution in [0.4, 0.5) is 0 Å². The molecule has 0 aromatic heterocycles. The monoisotopic (exact) mass is 288 g/mol. The van der Waals surface area contributed by atoms with Crippen molar-refractivity contribution in [2.45, 2.75) is 70.0 Å². The Morgan fingerprint density at radius 1 is 1.10 bits per heavy atom. The number of aryl methyl sites for hydroxylation is 2. The first-order chi connectivity index (χ1) is 10.3. The molecule has 2 heteroatoms. The Morgan fingerprint density at radius 3 is 2.62 bits per heavy atom. The van der Waals surface area contributed by atoms with Gasteiger partial charge in [0.05, 0.1) is 12.2 Å². The minimum Gasteiger partial charge on any atom is -0.390 e. The molecule has 1 N–H and O–H groups in total. The summed E-state index contributed by atoms with van der Waals surface area (Å²) in [4.78, 5) is 0. The molecule has 0 bridgehead atoms. The van der Waals surface area contributed by atoms with Gasteiger partial charge in [-0.1, -0.05) is 37.5 Å². The molecule has 0 spiro atoms. The van der Waals surface area contributed by atoms with Gasteiger partial charge in [0.1, 0.15) is 0 Å². The third kappa shape index (κ3) is 3.49. The van der Waals surface area contributed by atoms with Gasteiger partial charge in [-0.2, -0.15) is 0 Å². The Bertz CT molecular complexity index is 463. The zero-order valence-corrected chi connectivity index (χ0v) is 13.2. The molecule has 0 heterocycles. The lowest BCUT2D eigenvalue weighted by atomic mass is 9.82. The van der Waals surface area contributed by atoms with Crippen molar-refractivity contribution in [2.75, 3.05) is 7.11 Å². The third-order valence-corrected chi connectivity index (χ3v) is 5.37. The number of aliphatic hydroxyl groups is 1. The van der Waals surface area contributed by atoms with Crippen molar-refractivity contribution >= 4 is 0 Å². The molecule has 116 valence electrons. The van der Waals surface area contributed by atoms with E-state index < -0.39 is 0 Å². The summed E-state index contributed by atoms with van der Waals surface area (Å²) in [6.45, 7) is 0. The lowest BCUT2D eigenvalue weighted by Crippen LogP contribution is -2.37. The number of fused-ring (bicyclic) bond motifs is 1. The molecule has 0 saturated heterocycles. The third-order valence-electron chi connectivity index (χ3n) is 5.37. The van der Waals surface area contributed by atoms with Gasteiger partial charge in [0, 0.05) is 13.5 Å². The van der Waals surface area contributed by atoms with E-state index in [2.05, 4.69) is 18.2 Å². The molecule has 1 aromatic carbocycles. The minimum absolute atomic E-state index is 0.00134. The van der Waals surface area contributed by atoms with Crippen molar-refractivity contribution < 1.29 is 9.84 Å². The molecule has 2 nitrogen and oxygen atoms in total. The second-order valence-corrected chi connectivity index (χ2v) is 6.83. The van der Waals surface area contributed by atoms with Gasteiger partial charge in [0.2, 0.25) is 0 Å². The van der Waals surface area contributed by atoms with Crippen LogP contribution in [0.3, 0.4) is 0 Å². The zero-order valence-electron chi connectivity index (χ0n) is 13.2. The Kier molecular flexibility index (Phi) is 4.97. The summed E-state index contributed by atoms with van der Waals surface area (Å²) in [7, 11) is 1.76. The number of aliphatic hydroxyl groups excluding tert-OH is 1. The van der Waals surface area contributed by atoms with Crippen molar-refractivity contribution in [1.82, 2.24) is 0 Å². The van der Waals surface area contributed by atoms with Crippen LogP contribution in [0.5, 0.6) is 0 Å². The van der Waals surface area contributed by atoms with E-state index in [1.165, 1.54) is 68.1 Å². The highest BCUT2D eigenvalue weighted by molar-refractivity contribution is 5.35. The molecule has 0 aliphatic heterocycles. The Morgan fingerprint density at radius 2 is 1.86 bits per heavy atom. The van der Waals surface area contributed by atoms with Gasteiger partial charge in [-0.05, 0) is 54.7 Å². The maximum Gasteiger partial charge on any atom is 0.0861 e. The van der Waals surface area contributed by atoms with Gasteiger partial charge in [-0.15, -0.1) is 0 Å². The first-order valence-electron chi connectivity index (χ1n) is 8.59. The van der Waals surface area contributed by atoms with Gasteiger partial charge in [0.25, 0.3) is 0 Å². The average Bonchev–Trinajstić information content (AvgIpc) is 2.96. The van der Waals surface area contributed by atoms with Gasteiger partial charge < -0.3 is 9.84 Å². The number of hydrogen-bond acceptors (Lipinski definition) is 2. The van der Waals surface area contributed by atoms with E-state index in [1.54, 1.807) is 7.11 Å². The molecular formula is C19H28O2.